The Morgan fingerprint density at radius 1 is 1.00 bits per heavy atom. The van der Waals surface area contributed by atoms with E-state index in [0.717, 1.165) is 10.3 Å². The topological polar surface area (TPSA) is 98.2 Å². The molecule has 0 aliphatic carbocycles. The fourth-order valence-corrected chi connectivity index (χ4v) is 5.62. The number of Topliss-reactive ketones (excluding diaryl/α,β-unsaturated/α-hetero) is 1. The van der Waals surface area contributed by atoms with Crippen molar-refractivity contribution in [2.24, 2.45) is 0 Å². The van der Waals surface area contributed by atoms with Crippen LogP contribution in [0.4, 0.5) is 5.13 Å². The zero-order valence-electron chi connectivity index (χ0n) is 21.3. The van der Waals surface area contributed by atoms with Crippen molar-refractivity contribution in [1.29, 1.82) is 0 Å². The lowest BCUT2D eigenvalue weighted by atomic mass is 9.94. The van der Waals surface area contributed by atoms with Gasteiger partial charge in [0.25, 0.3) is 5.78 Å². The summed E-state index contributed by atoms with van der Waals surface area (Å²) in [4.78, 5) is 33.1. The fourth-order valence-electron chi connectivity index (χ4n) is 4.53. The molecule has 0 radical (unpaired) electrons. The van der Waals surface area contributed by atoms with Gasteiger partial charge in [0.15, 0.2) is 5.13 Å². The number of ketones is 1. The summed E-state index contributed by atoms with van der Waals surface area (Å²) >= 11 is 1.30. The minimum absolute atomic E-state index is 0.0684. The van der Waals surface area contributed by atoms with E-state index in [4.69, 9.17) is 14.2 Å². The average molecular weight is 531 g/mol. The molecule has 5 rings (SSSR count). The van der Waals surface area contributed by atoms with Crippen LogP contribution in [0.1, 0.15) is 29.7 Å². The van der Waals surface area contributed by atoms with E-state index in [0.29, 0.717) is 45.6 Å². The number of carbonyl (C=O) groups is 2. The number of hydrogen-bond donors (Lipinski definition) is 1. The van der Waals surface area contributed by atoms with Crippen LogP contribution in [-0.4, -0.2) is 42.6 Å². The van der Waals surface area contributed by atoms with Gasteiger partial charge in [-0.15, -0.1) is 0 Å². The summed E-state index contributed by atoms with van der Waals surface area (Å²) in [5, 5.41) is 11.8. The molecule has 1 N–H and O–H groups in total. The molecule has 0 bridgehead atoms. The Labute approximate surface area is 223 Å². The second-order valence-electron chi connectivity index (χ2n) is 8.70. The van der Waals surface area contributed by atoms with Crippen molar-refractivity contribution in [2.45, 2.75) is 19.9 Å². The van der Waals surface area contributed by atoms with Gasteiger partial charge < -0.3 is 19.3 Å². The molecule has 2 heterocycles. The first-order chi connectivity index (χ1) is 18.4. The van der Waals surface area contributed by atoms with Crippen molar-refractivity contribution < 1.29 is 28.9 Å². The first-order valence-electron chi connectivity index (χ1n) is 12.0. The molecule has 1 atom stereocenters. The van der Waals surface area contributed by atoms with Gasteiger partial charge >= 0.3 is 5.91 Å². The number of carbonyl (C=O) groups excluding carboxylic acids is 2. The van der Waals surface area contributed by atoms with Crippen LogP contribution in [0.5, 0.6) is 17.2 Å². The average Bonchev–Trinajstić information content (AvgIpc) is 3.45. The summed E-state index contributed by atoms with van der Waals surface area (Å²) in [6, 6.07) is 16.6. The Morgan fingerprint density at radius 2 is 1.74 bits per heavy atom. The number of fused-ring (bicyclic) bond motifs is 1. The lowest BCUT2D eigenvalue weighted by Crippen LogP contribution is -2.29. The molecule has 8 nitrogen and oxygen atoms in total. The summed E-state index contributed by atoms with van der Waals surface area (Å²) in [6.45, 7) is 4.34. The molecule has 9 heteroatoms. The van der Waals surface area contributed by atoms with Crippen LogP contribution in [-0.2, 0) is 9.59 Å². The van der Waals surface area contributed by atoms with Crippen LogP contribution in [0, 0.1) is 6.92 Å². The maximum Gasteiger partial charge on any atom is 0.301 e. The van der Waals surface area contributed by atoms with Crippen molar-refractivity contribution >= 4 is 44.1 Å². The number of aliphatic hydroxyl groups excluding tert-OH is 1. The highest BCUT2D eigenvalue weighted by Gasteiger charge is 2.49. The number of hydrogen-bond acceptors (Lipinski definition) is 8. The van der Waals surface area contributed by atoms with Crippen molar-refractivity contribution in [2.75, 3.05) is 25.7 Å². The van der Waals surface area contributed by atoms with E-state index in [1.165, 1.54) is 30.5 Å². The van der Waals surface area contributed by atoms with Crippen molar-refractivity contribution in [3.05, 3.63) is 82.9 Å². The largest absolute Gasteiger partial charge is 0.507 e. The van der Waals surface area contributed by atoms with Gasteiger partial charge in [-0.1, -0.05) is 17.4 Å². The highest BCUT2D eigenvalue weighted by Crippen LogP contribution is 2.47. The number of rotatable bonds is 7. The molecule has 0 spiro atoms. The second kappa shape index (κ2) is 10.2. The molecule has 194 valence electrons. The van der Waals surface area contributed by atoms with E-state index in [1.807, 2.05) is 32.0 Å². The Hall–Kier alpha value is -4.37. The molecule has 1 unspecified atom stereocenters. The lowest BCUT2D eigenvalue weighted by molar-refractivity contribution is -0.132. The van der Waals surface area contributed by atoms with E-state index in [-0.39, 0.29) is 11.3 Å². The van der Waals surface area contributed by atoms with Crippen molar-refractivity contribution in [1.82, 2.24) is 4.98 Å². The molecule has 1 amide bonds. The summed E-state index contributed by atoms with van der Waals surface area (Å²) < 4.78 is 17.4. The molecule has 1 aromatic heterocycles. The second-order valence-corrected chi connectivity index (χ2v) is 9.71. The summed E-state index contributed by atoms with van der Waals surface area (Å²) in [5.41, 5.74) is 2.55. The van der Waals surface area contributed by atoms with Gasteiger partial charge in [0.2, 0.25) is 0 Å². The molecule has 38 heavy (non-hydrogen) atoms. The van der Waals surface area contributed by atoms with Gasteiger partial charge in [-0.2, -0.15) is 0 Å². The monoisotopic (exact) mass is 530 g/mol. The van der Waals surface area contributed by atoms with Gasteiger partial charge in [-0.3, -0.25) is 14.5 Å². The smallest absolute Gasteiger partial charge is 0.301 e. The predicted octanol–water partition coefficient (Wildman–Crippen LogP) is 5.65. The number of aryl methyl sites for hydroxylation is 1. The molecular formula is C29H26N2O6S. The molecule has 0 saturated carbocycles. The highest BCUT2D eigenvalue weighted by molar-refractivity contribution is 7.22. The number of nitrogens with zero attached hydrogens (tertiary/aromatic N) is 2. The van der Waals surface area contributed by atoms with E-state index < -0.39 is 17.7 Å². The first-order valence-corrected chi connectivity index (χ1v) is 12.8. The van der Waals surface area contributed by atoms with Crippen LogP contribution in [0.3, 0.4) is 0 Å². The van der Waals surface area contributed by atoms with Crippen LogP contribution >= 0.6 is 11.3 Å². The van der Waals surface area contributed by atoms with E-state index in [9.17, 15) is 14.7 Å². The number of thiazole rings is 1. The van der Waals surface area contributed by atoms with Crippen molar-refractivity contribution in [3.8, 4) is 17.2 Å². The third-order valence-corrected chi connectivity index (χ3v) is 7.37. The van der Waals surface area contributed by atoms with Crippen LogP contribution in [0.25, 0.3) is 16.0 Å². The maximum absolute atomic E-state index is 13.6. The number of methoxy groups -OCH3 is 2. The van der Waals surface area contributed by atoms with Gasteiger partial charge in [-0.05, 0) is 74.0 Å². The molecule has 1 aliphatic rings. The minimum atomic E-state index is -1.01. The van der Waals surface area contributed by atoms with Gasteiger partial charge in [0.1, 0.15) is 29.0 Å². The number of ether oxygens (including phenoxy) is 3. The standard InChI is InChI=1S/C29H26N2O6S/c1-5-37-18-9-7-17(8-10-18)26(32)24-25(20-15-19(35-3)11-13-22(20)36-4)31(28(34)27(24)33)29-30-21-12-6-16(2)14-23(21)38-29/h6-15,25,32H,5H2,1-4H3. The molecule has 1 saturated heterocycles. The molecule has 4 aromatic rings. The number of aromatic nitrogens is 1. The van der Waals surface area contributed by atoms with Crippen LogP contribution < -0.4 is 19.1 Å². The Morgan fingerprint density at radius 3 is 2.42 bits per heavy atom. The molecule has 1 fully saturated rings. The minimum Gasteiger partial charge on any atom is -0.507 e. The fraction of sp³-hybridized carbons (Fsp3) is 0.207. The molecular weight excluding hydrogens is 504 g/mol. The van der Waals surface area contributed by atoms with E-state index in [1.54, 1.807) is 42.5 Å². The number of benzene rings is 3. The van der Waals surface area contributed by atoms with E-state index >= 15 is 0 Å². The lowest BCUT2D eigenvalue weighted by Gasteiger charge is -2.25. The molecule has 3 aromatic carbocycles. The highest BCUT2D eigenvalue weighted by atomic mass is 32.1. The zero-order chi connectivity index (χ0) is 27.0. The summed E-state index contributed by atoms with van der Waals surface area (Å²) in [7, 11) is 3.03. The van der Waals surface area contributed by atoms with Crippen molar-refractivity contribution in [3.63, 3.8) is 0 Å². The Kier molecular flexibility index (Phi) is 6.77. The number of anilines is 1. The van der Waals surface area contributed by atoms with Gasteiger partial charge in [-0.25, -0.2) is 4.98 Å². The third-order valence-electron chi connectivity index (χ3n) is 6.35. The Balaban J connectivity index is 1.74. The van der Waals surface area contributed by atoms with Gasteiger partial charge in [0.05, 0.1) is 36.6 Å². The van der Waals surface area contributed by atoms with Gasteiger partial charge in [0, 0.05) is 11.1 Å². The Bertz CT molecular complexity index is 1570. The number of aliphatic hydroxyl groups is 1. The zero-order valence-corrected chi connectivity index (χ0v) is 22.2. The summed E-state index contributed by atoms with van der Waals surface area (Å²) in [5.74, 6) is -0.351. The predicted molar refractivity (Wildman–Crippen MR) is 146 cm³/mol. The first kappa shape index (κ1) is 25.3. The van der Waals surface area contributed by atoms with Crippen LogP contribution in [0.15, 0.2) is 66.2 Å². The third kappa shape index (κ3) is 4.35. The maximum atomic E-state index is 13.6. The van der Waals surface area contributed by atoms with E-state index in [2.05, 4.69) is 4.98 Å². The normalized spacial score (nSPS) is 16.7. The summed E-state index contributed by atoms with van der Waals surface area (Å²) in [6.07, 6.45) is 0. The quantitative estimate of drug-likeness (QED) is 0.187. The number of amides is 1. The molecule has 1 aliphatic heterocycles. The SMILES string of the molecule is CCOc1ccc(C(O)=C2C(=O)C(=O)N(c3nc4ccc(C)cc4s3)C2c2cc(OC)ccc2OC)cc1. The van der Waals surface area contributed by atoms with Crippen LogP contribution in [0.2, 0.25) is 0 Å².